The summed E-state index contributed by atoms with van der Waals surface area (Å²) in [7, 11) is 0. The van der Waals surface area contributed by atoms with Crippen LogP contribution in [0.15, 0.2) is 12.1 Å². The summed E-state index contributed by atoms with van der Waals surface area (Å²) in [6, 6.07) is 2.87. The van der Waals surface area contributed by atoms with Crippen molar-refractivity contribution in [3.05, 3.63) is 32.3 Å². The van der Waals surface area contributed by atoms with Crippen LogP contribution in [-0.2, 0) is 0 Å². The van der Waals surface area contributed by atoms with Crippen LogP contribution in [0.25, 0.3) is 0 Å². The Hall–Kier alpha value is -0.750. The number of halogens is 3. The van der Waals surface area contributed by atoms with Crippen LogP contribution in [0.1, 0.15) is 0 Å². The van der Waals surface area contributed by atoms with E-state index >= 15 is 0 Å². The Morgan fingerprint density at radius 1 is 1.22 bits per heavy atom. The molecule has 0 spiro atoms. The number of hydrogen-bond donors (Lipinski definition) is 1. The van der Waals surface area contributed by atoms with Crippen LogP contribution in [-0.4, -0.2) is 31.1 Å². The van der Waals surface area contributed by atoms with Gasteiger partial charge < -0.3 is 10.2 Å². The Bertz CT molecular complexity index is 450. The molecule has 0 amide bonds. The SMILES string of the molecule is Cl.O=[N+]([O-])c1cc(Cl)c(N2CCNCC2)cc1Cl. The lowest BCUT2D eigenvalue weighted by Crippen LogP contribution is -2.43. The van der Waals surface area contributed by atoms with E-state index in [2.05, 4.69) is 10.2 Å². The fraction of sp³-hybridized carbons (Fsp3) is 0.400. The second kappa shape index (κ2) is 6.43. The van der Waals surface area contributed by atoms with E-state index < -0.39 is 4.92 Å². The van der Waals surface area contributed by atoms with Gasteiger partial charge in [-0.2, -0.15) is 0 Å². The van der Waals surface area contributed by atoms with Crippen molar-refractivity contribution >= 4 is 47.0 Å². The fourth-order valence-corrected chi connectivity index (χ4v) is 2.32. The molecule has 0 radical (unpaired) electrons. The summed E-state index contributed by atoms with van der Waals surface area (Å²) in [5.41, 5.74) is 0.597. The van der Waals surface area contributed by atoms with Gasteiger partial charge in [0.15, 0.2) is 0 Å². The number of nitrogens with zero attached hydrogens (tertiary/aromatic N) is 2. The Morgan fingerprint density at radius 3 is 2.39 bits per heavy atom. The van der Waals surface area contributed by atoms with Crippen LogP contribution in [0.3, 0.4) is 0 Å². The Balaban J connectivity index is 0.00000162. The van der Waals surface area contributed by atoms with Crippen molar-refractivity contribution in [1.82, 2.24) is 5.32 Å². The molecule has 1 aliphatic heterocycles. The number of piperazine rings is 1. The molecule has 8 heteroatoms. The largest absolute Gasteiger partial charge is 0.368 e. The van der Waals surface area contributed by atoms with Gasteiger partial charge in [0.25, 0.3) is 5.69 Å². The van der Waals surface area contributed by atoms with E-state index in [4.69, 9.17) is 23.2 Å². The summed E-state index contributed by atoms with van der Waals surface area (Å²) < 4.78 is 0. The number of anilines is 1. The highest BCUT2D eigenvalue weighted by Gasteiger charge is 2.20. The highest BCUT2D eigenvalue weighted by molar-refractivity contribution is 6.36. The number of hydrogen-bond acceptors (Lipinski definition) is 4. The number of rotatable bonds is 2. The van der Waals surface area contributed by atoms with Crippen molar-refractivity contribution in [3.8, 4) is 0 Å². The molecule has 0 bridgehead atoms. The minimum atomic E-state index is -0.532. The highest BCUT2D eigenvalue weighted by Crippen LogP contribution is 2.35. The predicted molar refractivity (Wildman–Crippen MR) is 75.4 cm³/mol. The second-order valence-corrected chi connectivity index (χ2v) is 4.56. The van der Waals surface area contributed by atoms with E-state index in [0.29, 0.717) is 5.02 Å². The molecule has 2 rings (SSSR count). The predicted octanol–water partition coefficient (Wildman–Crippen LogP) is 2.73. The van der Waals surface area contributed by atoms with Gasteiger partial charge in [0.2, 0.25) is 0 Å². The molecule has 1 N–H and O–H groups in total. The molecule has 100 valence electrons. The first-order valence-corrected chi connectivity index (χ1v) is 5.94. The Labute approximate surface area is 121 Å². The molecule has 1 fully saturated rings. The van der Waals surface area contributed by atoms with Crippen LogP contribution >= 0.6 is 35.6 Å². The molecule has 0 aromatic heterocycles. The van der Waals surface area contributed by atoms with Crippen molar-refractivity contribution < 1.29 is 4.92 Å². The molecule has 0 atom stereocenters. The molecule has 0 aliphatic carbocycles. The standard InChI is InChI=1S/C10H11Cl2N3O2.ClH/c11-7-6-10(15(16)17)8(12)5-9(7)14-3-1-13-2-4-14;/h5-6,13H,1-4H2;1H. The maximum absolute atomic E-state index is 10.7. The molecule has 1 aromatic rings. The fourth-order valence-electron chi connectivity index (χ4n) is 1.81. The van der Waals surface area contributed by atoms with Gasteiger partial charge in [-0.25, -0.2) is 0 Å². The molecule has 0 saturated carbocycles. The zero-order valence-electron chi connectivity index (χ0n) is 9.36. The van der Waals surface area contributed by atoms with Crippen LogP contribution in [0.2, 0.25) is 10.0 Å². The van der Waals surface area contributed by atoms with E-state index in [-0.39, 0.29) is 23.1 Å². The van der Waals surface area contributed by atoms with Crippen LogP contribution in [0.4, 0.5) is 11.4 Å². The van der Waals surface area contributed by atoms with Crippen LogP contribution in [0.5, 0.6) is 0 Å². The lowest BCUT2D eigenvalue weighted by Gasteiger charge is -2.30. The molecule has 1 aromatic carbocycles. The summed E-state index contributed by atoms with van der Waals surface area (Å²) in [5.74, 6) is 0. The first-order chi connectivity index (χ1) is 8.09. The molecule has 0 unspecified atom stereocenters. The van der Waals surface area contributed by atoms with E-state index in [1.54, 1.807) is 6.07 Å². The van der Waals surface area contributed by atoms with Gasteiger partial charge in [-0.1, -0.05) is 23.2 Å². The maximum atomic E-state index is 10.7. The van der Waals surface area contributed by atoms with E-state index in [1.807, 2.05) is 0 Å². The third-order valence-electron chi connectivity index (χ3n) is 2.67. The topological polar surface area (TPSA) is 58.4 Å². The minimum Gasteiger partial charge on any atom is -0.368 e. The van der Waals surface area contributed by atoms with Gasteiger partial charge in [-0.05, 0) is 6.07 Å². The number of nitro groups is 1. The third kappa shape index (κ3) is 3.17. The smallest absolute Gasteiger partial charge is 0.289 e. The van der Waals surface area contributed by atoms with Crippen LogP contribution < -0.4 is 10.2 Å². The third-order valence-corrected chi connectivity index (χ3v) is 3.28. The lowest BCUT2D eigenvalue weighted by molar-refractivity contribution is -0.384. The first-order valence-electron chi connectivity index (χ1n) is 5.18. The average Bonchev–Trinajstić information content (AvgIpc) is 2.32. The van der Waals surface area contributed by atoms with E-state index in [9.17, 15) is 10.1 Å². The van der Waals surface area contributed by atoms with Crippen molar-refractivity contribution in [1.29, 1.82) is 0 Å². The van der Waals surface area contributed by atoms with Crippen molar-refractivity contribution in [3.63, 3.8) is 0 Å². The van der Waals surface area contributed by atoms with Crippen molar-refractivity contribution in [2.24, 2.45) is 0 Å². The average molecular weight is 313 g/mol. The zero-order chi connectivity index (χ0) is 12.4. The van der Waals surface area contributed by atoms with Gasteiger partial charge >= 0.3 is 0 Å². The Kier molecular flexibility index (Phi) is 5.47. The number of benzene rings is 1. The summed E-state index contributed by atoms with van der Waals surface area (Å²) >= 11 is 11.9. The monoisotopic (exact) mass is 311 g/mol. The molecule has 1 saturated heterocycles. The van der Waals surface area contributed by atoms with Crippen molar-refractivity contribution in [2.75, 3.05) is 31.1 Å². The summed E-state index contributed by atoms with van der Waals surface area (Å²) in [5, 5.41) is 14.4. The molecular formula is C10H12Cl3N3O2. The highest BCUT2D eigenvalue weighted by atomic mass is 35.5. The van der Waals surface area contributed by atoms with Gasteiger partial charge in [0, 0.05) is 32.2 Å². The number of nitro benzene ring substituents is 1. The van der Waals surface area contributed by atoms with E-state index in [0.717, 1.165) is 31.9 Å². The molecular weight excluding hydrogens is 300 g/mol. The quantitative estimate of drug-likeness (QED) is 0.674. The first kappa shape index (κ1) is 15.3. The van der Waals surface area contributed by atoms with Crippen molar-refractivity contribution in [2.45, 2.75) is 0 Å². The molecule has 1 heterocycles. The molecule has 1 aliphatic rings. The van der Waals surface area contributed by atoms with E-state index in [1.165, 1.54) is 6.07 Å². The molecule has 5 nitrogen and oxygen atoms in total. The molecule has 18 heavy (non-hydrogen) atoms. The van der Waals surface area contributed by atoms with Gasteiger partial charge in [-0.3, -0.25) is 10.1 Å². The lowest BCUT2D eigenvalue weighted by atomic mass is 10.2. The normalized spacial score (nSPS) is 15.1. The van der Waals surface area contributed by atoms with Gasteiger partial charge in [0.05, 0.1) is 15.6 Å². The summed E-state index contributed by atoms with van der Waals surface area (Å²) in [6.45, 7) is 3.36. The minimum absolute atomic E-state index is 0. The van der Waals surface area contributed by atoms with Gasteiger partial charge in [0.1, 0.15) is 5.02 Å². The maximum Gasteiger partial charge on any atom is 0.289 e. The zero-order valence-corrected chi connectivity index (χ0v) is 11.7. The van der Waals surface area contributed by atoms with Crippen LogP contribution in [0, 0.1) is 10.1 Å². The second-order valence-electron chi connectivity index (χ2n) is 3.75. The van der Waals surface area contributed by atoms with Gasteiger partial charge in [-0.15, -0.1) is 12.4 Å². The summed E-state index contributed by atoms with van der Waals surface area (Å²) in [4.78, 5) is 12.2. The number of nitrogens with one attached hydrogen (secondary N) is 1. The Morgan fingerprint density at radius 2 is 1.83 bits per heavy atom. The summed E-state index contributed by atoms with van der Waals surface area (Å²) in [6.07, 6.45) is 0.